The first-order valence-electron chi connectivity index (χ1n) is 7.39. The van der Waals surface area contributed by atoms with E-state index in [2.05, 4.69) is 4.98 Å². The normalized spacial score (nSPS) is 10.6. The van der Waals surface area contributed by atoms with Gasteiger partial charge in [0.05, 0.1) is 0 Å². The standard InChI is InChI=1S/C18H14ClN3O3/c19-13-2-1-3-14(9-13)22(10-16(23)24)18(25)12-5-4-11-6-7-21-17(20)15(11)8-12/h1-9H,10H2,(H2,20,21)(H,23,24). The zero-order chi connectivity index (χ0) is 18.0. The van der Waals surface area contributed by atoms with Crippen LogP contribution >= 0.6 is 11.6 Å². The highest BCUT2D eigenvalue weighted by atomic mass is 35.5. The molecule has 2 aromatic carbocycles. The molecule has 0 aliphatic rings. The van der Waals surface area contributed by atoms with E-state index in [1.54, 1.807) is 54.7 Å². The van der Waals surface area contributed by atoms with Crippen LogP contribution in [-0.2, 0) is 4.79 Å². The van der Waals surface area contributed by atoms with Crippen LogP contribution in [0.15, 0.2) is 54.7 Å². The second-order valence-corrected chi connectivity index (χ2v) is 5.83. The lowest BCUT2D eigenvalue weighted by Crippen LogP contribution is -2.35. The smallest absolute Gasteiger partial charge is 0.323 e. The molecule has 0 atom stereocenters. The summed E-state index contributed by atoms with van der Waals surface area (Å²) in [6, 6.07) is 13.2. The van der Waals surface area contributed by atoms with Crippen molar-refractivity contribution in [2.45, 2.75) is 0 Å². The fourth-order valence-electron chi connectivity index (χ4n) is 2.54. The molecule has 25 heavy (non-hydrogen) atoms. The summed E-state index contributed by atoms with van der Waals surface area (Å²) in [5.74, 6) is -1.29. The highest BCUT2D eigenvalue weighted by Crippen LogP contribution is 2.24. The van der Waals surface area contributed by atoms with Crippen LogP contribution in [0.1, 0.15) is 10.4 Å². The molecule has 3 rings (SSSR count). The first-order valence-corrected chi connectivity index (χ1v) is 7.77. The summed E-state index contributed by atoms with van der Waals surface area (Å²) in [5.41, 5.74) is 6.58. The fraction of sp³-hybridized carbons (Fsp3) is 0.0556. The van der Waals surface area contributed by atoms with Gasteiger partial charge >= 0.3 is 5.97 Å². The van der Waals surface area contributed by atoms with Gasteiger partial charge in [0, 0.05) is 27.9 Å². The summed E-state index contributed by atoms with van der Waals surface area (Å²) >= 11 is 5.96. The molecule has 1 heterocycles. The van der Waals surface area contributed by atoms with Gasteiger partial charge in [0.1, 0.15) is 12.4 Å². The molecule has 0 aliphatic carbocycles. The van der Waals surface area contributed by atoms with Gasteiger partial charge in [-0.1, -0.05) is 23.7 Å². The van der Waals surface area contributed by atoms with E-state index >= 15 is 0 Å². The minimum atomic E-state index is -1.13. The SMILES string of the molecule is Nc1nccc2ccc(C(=O)N(CC(=O)O)c3cccc(Cl)c3)cc12. The van der Waals surface area contributed by atoms with Crippen molar-refractivity contribution in [3.63, 3.8) is 0 Å². The molecular weight excluding hydrogens is 342 g/mol. The Morgan fingerprint density at radius 2 is 1.96 bits per heavy atom. The summed E-state index contributed by atoms with van der Waals surface area (Å²) in [7, 11) is 0. The van der Waals surface area contributed by atoms with Crippen LogP contribution < -0.4 is 10.6 Å². The van der Waals surface area contributed by atoms with E-state index in [0.717, 1.165) is 10.3 Å². The third-order valence-corrected chi connectivity index (χ3v) is 3.94. The van der Waals surface area contributed by atoms with Gasteiger partial charge in [0.25, 0.3) is 5.91 Å². The molecular formula is C18H14ClN3O3. The summed E-state index contributed by atoms with van der Waals surface area (Å²) in [4.78, 5) is 29.3. The maximum atomic E-state index is 12.9. The zero-order valence-electron chi connectivity index (χ0n) is 13.0. The predicted molar refractivity (Wildman–Crippen MR) is 96.9 cm³/mol. The van der Waals surface area contributed by atoms with Crippen LogP contribution in [0.5, 0.6) is 0 Å². The number of hydrogen-bond donors (Lipinski definition) is 2. The summed E-state index contributed by atoms with van der Waals surface area (Å²) in [6.45, 7) is -0.486. The number of nitrogens with two attached hydrogens (primary N) is 1. The summed E-state index contributed by atoms with van der Waals surface area (Å²) < 4.78 is 0. The van der Waals surface area contributed by atoms with E-state index in [-0.39, 0.29) is 0 Å². The van der Waals surface area contributed by atoms with E-state index in [9.17, 15) is 9.59 Å². The first kappa shape index (κ1) is 16.7. The van der Waals surface area contributed by atoms with Crippen LogP contribution in [0.25, 0.3) is 10.8 Å². The van der Waals surface area contributed by atoms with Crippen molar-refractivity contribution in [2.75, 3.05) is 17.2 Å². The Hall–Kier alpha value is -3.12. The number of fused-ring (bicyclic) bond motifs is 1. The number of aliphatic carboxylic acids is 1. The Bertz CT molecular complexity index is 975. The predicted octanol–water partition coefficient (Wildman–Crippen LogP) is 3.20. The molecule has 0 saturated heterocycles. The lowest BCUT2D eigenvalue weighted by molar-refractivity contribution is -0.135. The quantitative estimate of drug-likeness (QED) is 0.749. The number of pyridine rings is 1. The molecule has 0 aliphatic heterocycles. The summed E-state index contributed by atoms with van der Waals surface area (Å²) in [5, 5.41) is 11.1. The van der Waals surface area contributed by atoms with Gasteiger partial charge in [-0.25, -0.2) is 4.98 Å². The van der Waals surface area contributed by atoms with Crippen molar-refractivity contribution >= 4 is 45.8 Å². The number of carboxylic acid groups (broad SMARTS) is 1. The maximum Gasteiger partial charge on any atom is 0.323 e. The van der Waals surface area contributed by atoms with Crippen LogP contribution in [-0.4, -0.2) is 28.5 Å². The Labute approximate surface area is 148 Å². The molecule has 0 radical (unpaired) electrons. The van der Waals surface area contributed by atoms with Crippen molar-refractivity contribution in [2.24, 2.45) is 0 Å². The average molecular weight is 356 g/mol. The number of benzene rings is 2. The Morgan fingerprint density at radius 3 is 2.68 bits per heavy atom. The van der Waals surface area contributed by atoms with E-state index in [0.29, 0.717) is 27.5 Å². The third kappa shape index (κ3) is 3.54. The molecule has 126 valence electrons. The van der Waals surface area contributed by atoms with Crippen molar-refractivity contribution in [1.29, 1.82) is 0 Å². The van der Waals surface area contributed by atoms with Gasteiger partial charge in [-0.3, -0.25) is 14.5 Å². The number of amides is 1. The molecule has 3 aromatic rings. The van der Waals surface area contributed by atoms with Crippen molar-refractivity contribution in [3.05, 3.63) is 65.3 Å². The van der Waals surface area contributed by atoms with Crippen molar-refractivity contribution in [3.8, 4) is 0 Å². The highest BCUT2D eigenvalue weighted by molar-refractivity contribution is 6.31. The van der Waals surface area contributed by atoms with Crippen LogP contribution in [0.4, 0.5) is 11.5 Å². The van der Waals surface area contributed by atoms with Gasteiger partial charge in [-0.2, -0.15) is 0 Å². The Kier molecular flexibility index (Phi) is 4.54. The Morgan fingerprint density at radius 1 is 1.16 bits per heavy atom. The van der Waals surface area contributed by atoms with E-state index < -0.39 is 18.4 Å². The van der Waals surface area contributed by atoms with Gasteiger partial charge in [-0.15, -0.1) is 0 Å². The van der Waals surface area contributed by atoms with E-state index in [4.69, 9.17) is 22.4 Å². The number of nitrogens with zero attached hydrogens (tertiary/aromatic N) is 2. The first-order chi connectivity index (χ1) is 12.0. The number of nitrogen functional groups attached to an aromatic ring is 1. The molecule has 6 nitrogen and oxygen atoms in total. The second-order valence-electron chi connectivity index (χ2n) is 5.40. The third-order valence-electron chi connectivity index (χ3n) is 3.70. The number of halogens is 1. The topological polar surface area (TPSA) is 96.5 Å². The lowest BCUT2D eigenvalue weighted by atomic mass is 10.1. The van der Waals surface area contributed by atoms with Gasteiger partial charge < -0.3 is 10.8 Å². The maximum absolute atomic E-state index is 12.9. The van der Waals surface area contributed by atoms with Gasteiger partial charge in [0.15, 0.2) is 0 Å². The van der Waals surface area contributed by atoms with Crippen LogP contribution in [0, 0.1) is 0 Å². The summed E-state index contributed by atoms with van der Waals surface area (Å²) in [6.07, 6.45) is 1.59. The molecule has 0 fully saturated rings. The van der Waals surface area contributed by atoms with Gasteiger partial charge in [-0.05, 0) is 41.8 Å². The zero-order valence-corrected chi connectivity index (χ0v) is 13.8. The number of carbonyl (C=O) groups excluding carboxylic acids is 1. The average Bonchev–Trinajstić information content (AvgIpc) is 2.59. The monoisotopic (exact) mass is 355 g/mol. The van der Waals surface area contributed by atoms with Gasteiger partial charge in [0.2, 0.25) is 0 Å². The molecule has 0 unspecified atom stereocenters. The second kappa shape index (κ2) is 6.78. The minimum absolute atomic E-state index is 0.305. The number of carboxylic acids is 1. The molecule has 7 heteroatoms. The largest absolute Gasteiger partial charge is 0.480 e. The molecule has 0 bridgehead atoms. The van der Waals surface area contributed by atoms with Crippen molar-refractivity contribution in [1.82, 2.24) is 4.98 Å². The lowest BCUT2D eigenvalue weighted by Gasteiger charge is -2.21. The number of rotatable bonds is 4. The number of hydrogen-bond acceptors (Lipinski definition) is 4. The van der Waals surface area contributed by atoms with Crippen molar-refractivity contribution < 1.29 is 14.7 Å². The minimum Gasteiger partial charge on any atom is -0.480 e. The van der Waals surface area contributed by atoms with Crippen LogP contribution in [0.2, 0.25) is 5.02 Å². The van der Waals surface area contributed by atoms with E-state index in [1.165, 1.54) is 0 Å². The number of anilines is 2. The molecule has 0 saturated carbocycles. The Balaban J connectivity index is 2.05. The molecule has 1 aromatic heterocycles. The molecule has 0 spiro atoms. The number of carbonyl (C=O) groups is 2. The molecule has 3 N–H and O–H groups in total. The molecule has 1 amide bonds. The van der Waals surface area contributed by atoms with E-state index in [1.807, 2.05) is 0 Å². The highest BCUT2D eigenvalue weighted by Gasteiger charge is 2.21. The number of aromatic nitrogens is 1. The van der Waals surface area contributed by atoms with Crippen LogP contribution in [0.3, 0.4) is 0 Å². The fourth-order valence-corrected chi connectivity index (χ4v) is 2.72.